The van der Waals surface area contributed by atoms with Gasteiger partial charge in [0.25, 0.3) is 0 Å². The first-order valence-corrected chi connectivity index (χ1v) is 7.30. The summed E-state index contributed by atoms with van der Waals surface area (Å²) in [6.45, 7) is 7.22. The van der Waals surface area contributed by atoms with E-state index < -0.39 is 0 Å². The molecule has 0 aromatic heterocycles. The van der Waals surface area contributed by atoms with Crippen molar-refractivity contribution < 1.29 is 0 Å². The van der Waals surface area contributed by atoms with Crippen LogP contribution in [0.1, 0.15) is 13.8 Å². The third kappa shape index (κ3) is 2.51. The van der Waals surface area contributed by atoms with Gasteiger partial charge in [0.05, 0.1) is 18.0 Å². The largest absolute Gasteiger partial charge is 0.359 e. The molecule has 20 heavy (non-hydrogen) atoms. The van der Waals surface area contributed by atoms with Gasteiger partial charge in [-0.15, -0.1) is 0 Å². The van der Waals surface area contributed by atoms with Crippen molar-refractivity contribution in [3.05, 3.63) is 36.3 Å². The Kier molecular flexibility index (Phi) is 3.63. The molecular weight excluding hydrogens is 250 g/mol. The zero-order valence-electron chi connectivity index (χ0n) is 12.2. The third-order valence-corrected chi connectivity index (χ3v) is 4.21. The predicted octanol–water partition coefficient (Wildman–Crippen LogP) is 0.840. The van der Waals surface area contributed by atoms with Crippen molar-refractivity contribution in [3.8, 4) is 0 Å². The van der Waals surface area contributed by atoms with Crippen LogP contribution < -0.4 is 11.2 Å². The first-order chi connectivity index (χ1) is 9.65. The smallest absolute Gasteiger partial charge is 0.121 e. The Morgan fingerprint density at radius 1 is 1.35 bits per heavy atom. The predicted molar refractivity (Wildman–Crippen MR) is 81.8 cm³/mol. The SMILES string of the molecule is CC(C)C1CN(C2=CN=C3C=CC=CC3N2)CCN1N. The van der Waals surface area contributed by atoms with Gasteiger partial charge in [-0.2, -0.15) is 0 Å². The third-order valence-electron chi connectivity index (χ3n) is 4.21. The summed E-state index contributed by atoms with van der Waals surface area (Å²) in [5.74, 6) is 7.75. The van der Waals surface area contributed by atoms with Crippen LogP contribution in [-0.2, 0) is 0 Å². The van der Waals surface area contributed by atoms with Crippen LogP contribution in [0, 0.1) is 5.92 Å². The zero-order valence-corrected chi connectivity index (χ0v) is 12.2. The van der Waals surface area contributed by atoms with Gasteiger partial charge in [0.15, 0.2) is 0 Å². The Hall–Kier alpha value is -1.59. The van der Waals surface area contributed by atoms with Gasteiger partial charge in [-0.3, -0.25) is 10.8 Å². The number of allylic oxidation sites excluding steroid dienone is 2. The molecule has 0 saturated carbocycles. The minimum absolute atomic E-state index is 0.202. The Balaban J connectivity index is 1.74. The molecular formula is C15H23N5. The maximum absolute atomic E-state index is 6.10. The molecule has 3 aliphatic rings. The fourth-order valence-corrected chi connectivity index (χ4v) is 2.92. The molecule has 1 fully saturated rings. The van der Waals surface area contributed by atoms with E-state index in [1.165, 1.54) is 0 Å². The van der Waals surface area contributed by atoms with Gasteiger partial charge < -0.3 is 10.2 Å². The van der Waals surface area contributed by atoms with E-state index in [9.17, 15) is 0 Å². The van der Waals surface area contributed by atoms with Crippen LogP contribution in [0.2, 0.25) is 0 Å². The molecule has 5 nitrogen and oxygen atoms in total. The molecule has 0 bridgehead atoms. The molecule has 1 saturated heterocycles. The lowest BCUT2D eigenvalue weighted by Gasteiger charge is -2.43. The fourth-order valence-electron chi connectivity index (χ4n) is 2.92. The standard InChI is InChI=1S/C15H23N5/c1-11(2)14-10-19(7-8-20(14)16)15-9-17-12-5-3-4-6-13(12)18-15/h3-6,9,11,13-14,18H,7-8,10,16H2,1-2H3. The highest BCUT2D eigenvalue weighted by Gasteiger charge is 2.30. The normalized spacial score (nSPS) is 29.9. The van der Waals surface area contributed by atoms with Gasteiger partial charge in [0, 0.05) is 25.7 Å². The summed E-state index contributed by atoms with van der Waals surface area (Å²) < 4.78 is 0. The van der Waals surface area contributed by atoms with Gasteiger partial charge >= 0.3 is 0 Å². The molecule has 3 N–H and O–H groups in total. The monoisotopic (exact) mass is 273 g/mol. The Labute approximate surface area is 120 Å². The van der Waals surface area contributed by atoms with Gasteiger partial charge in [-0.05, 0) is 12.0 Å². The number of fused-ring (bicyclic) bond motifs is 1. The van der Waals surface area contributed by atoms with Crippen LogP contribution >= 0.6 is 0 Å². The van der Waals surface area contributed by atoms with Crippen molar-refractivity contribution in [2.24, 2.45) is 16.8 Å². The molecule has 1 aliphatic carbocycles. The van der Waals surface area contributed by atoms with Crippen LogP contribution in [0.25, 0.3) is 0 Å². The maximum atomic E-state index is 6.10. The van der Waals surface area contributed by atoms with Crippen LogP contribution in [0.15, 0.2) is 41.3 Å². The molecule has 0 aromatic rings. The van der Waals surface area contributed by atoms with Crippen LogP contribution in [0.4, 0.5) is 0 Å². The molecule has 0 amide bonds. The van der Waals surface area contributed by atoms with Crippen LogP contribution in [-0.4, -0.2) is 47.3 Å². The van der Waals surface area contributed by atoms with Crippen molar-refractivity contribution >= 4 is 5.71 Å². The summed E-state index contributed by atoms with van der Waals surface area (Å²) in [7, 11) is 0. The second kappa shape index (κ2) is 5.42. The highest BCUT2D eigenvalue weighted by Crippen LogP contribution is 2.19. The zero-order chi connectivity index (χ0) is 14.1. The number of nitrogens with one attached hydrogen (secondary N) is 1. The molecule has 2 unspecified atom stereocenters. The number of nitrogens with two attached hydrogens (primary N) is 1. The second-order valence-electron chi connectivity index (χ2n) is 5.93. The number of nitrogens with zero attached hydrogens (tertiary/aromatic N) is 3. The van der Waals surface area contributed by atoms with E-state index in [1.807, 2.05) is 17.3 Å². The summed E-state index contributed by atoms with van der Waals surface area (Å²) >= 11 is 0. The Morgan fingerprint density at radius 3 is 3.00 bits per heavy atom. The lowest BCUT2D eigenvalue weighted by Crippen LogP contribution is -2.59. The lowest BCUT2D eigenvalue weighted by atomic mass is 10.0. The van der Waals surface area contributed by atoms with Crippen molar-refractivity contribution in [1.29, 1.82) is 0 Å². The molecule has 2 heterocycles. The van der Waals surface area contributed by atoms with E-state index in [-0.39, 0.29) is 6.04 Å². The topological polar surface area (TPSA) is 56.9 Å². The van der Waals surface area contributed by atoms with E-state index in [1.54, 1.807) is 0 Å². The summed E-state index contributed by atoms with van der Waals surface area (Å²) in [5, 5.41) is 5.53. The maximum Gasteiger partial charge on any atom is 0.121 e. The van der Waals surface area contributed by atoms with E-state index in [0.717, 1.165) is 31.2 Å². The fraction of sp³-hybridized carbons (Fsp3) is 0.533. The summed E-state index contributed by atoms with van der Waals surface area (Å²) in [5.41, 5.74) is 1.08. The summed E-state index contributed by atoms with van der Waals surface area (Å²) in [6, 6.07) is 0.590. The van der Waals surface area contributed by atoms with Crippen molar-refractivity contribution in [3.63, 3.8) is 0 Å². The van der Waals surface area contributed by atoms with E-state index in [0.29, 0.717) is 12.0 Å². The minimum atomic E-state index is 0.202. The molecule has 2 aliphatic heterocycles. The Bertz CT molecular complexity index is 488. The first kappa shape index (κ1) is 13.4. The second-order valence-corrected chi connectivity index (χ2v) is 5.93. The molecule has 0 aromatic carbocycles. The minimum Gasteiger partial charge on any atom is -0.359 e. The Morgan fingerprint density at radius 2 is 2.20 bits per heavy atom. The van der Waals surface area contributed by atoms with Crippen molar-refractivity contribution in [1.82, 2.24) is 15.2 Å². The highest BCUT2D eigenvalue weighted by molar-refractivity contribution is 6.02. The lowest BCUT2D eigenvalue weighted by molar-refractivity contribution is 0.0630. The number of rotatable bonds is 2. The van der Waals surface area contributed by atoms with Crippen molar-refractivity contribution in [2.45, 2.75) is 25.9 Å². The quantitative estimate of drug-likeness (QED) is 0.732. The average Bonchev–Trinajstić information content (AvgIpc) is 2.47. The average molecular weight is 273 g/mol. The van der Waals surface area contributed by atoms with Gasteiger partial charge in [-0.1, -0.05) is 32.1 Å². The van der Waals surface area contributed by atoms with E-state index in [2.05, 4.69) is 47.3 Å². The molecule has 2 atom stereocenters. The number of piperazine rings is 1. The number of hydrogen-bond donors (Lipinski definition) is 2. The first-order valence-electron chi connectivity index (χ1n) is 7.30. The molecule has 108 valence electrons. The summed E-state index contributed by atoms with van der Waals surface area (Å²) in [6.07, 6.45) is 10.2. The van der Waals surface area contributed by atoms with E-state index in [4.69, 9.17) is 5.84 Å². The molecule has 0 radical (unpaired) electrons. The molecule has 5 heteroatoms. The van der Waals surface area contributed by atoms with Gasteiger partial charge in [-0.25, -0.2) is 5.01 Å². The highest BCUT2D eigenvalue weighted by atomic mass is 15.5. The molecule has 3 rings (SSSR count). The number of hydrazine groups is 1. The van der Waals surface area contributed by atoms with Crippen LogP contribution in [0.5, 0.6) is 0 Å². The molecule has 0 spiro atoms. The van der Waals surface area contributed by atoms with E-state index >= 15 is 0 Å². The van der Waals surface area contributed by atoms with Gasteiger partial charge in [0.2, 0.25) is 0 Å². The van der Waals surface area contributed by atoms with Gasteiger partial charge in [0.1, 0.15) is 5.82 Å². The number of hydrogen-bond acceptors (Lipinski definition) is 5. The number of aliphatic imine (C=N–C) groups is 1. The summed E-state index contributed by atoms with van der Waals surface area (Å²) in [4.78, 5) is 6.93. The van der Waals surface area contributed by atoms with Crippen LogP contribution in [0.3, 0.4) is 0 Å². The van der Waals surface area contributed by atoms with Crippen molar-refractivity contribution in [2.75, 3.05) is 19.6 Å².